The number of aliphatic carboxylic acids is 1. The van der Waals surface area contributed by atoms with Gasteiger partial charge in [-0.05, 0) is 12.8 Å². The maximum absolute atomic E-state index is 13.2. The molecule has 4 aliphatic rings. The molecule has 4 rings (SSSR count). The highest BCUT2D eigenvalue weighted by atomic mass is 19.3. The van der Waals surface area contributed by atoms with Gasteiger partial charge in [-0.25, -0.2) is 8.78 Å². The zero-order valence-corrected chi connectivity index (χ0v) is 11.9. The molecule has 2 saturated carbocycles. The molecule has 0 aromatic rings. The molecule has 2 saturated heterocycles. The topological polar surface area (TPSA) is 66.8 Å². The van der Waals surface area contributed by atoms with Gasteiger partial charge in [0, 0.05) is 38.8 Å². The number of ether oxygens (including phenoxy) is 1. The number of amides is 1. The van der Waals surface area contributed by atoms with Crippen molar-refractivity contribution in [3.8, 4) is 0 Å². The number of carbonyl (C=O) groups excluding carboxylic acids is 1. The number of rotatable bonds is 3. The van der Waals surface area contributed by atoms with Gasteiger partial charge in [0.25, 0.3) is 5.91 Å². The van der Waals surface area contributed by atoms with Crippen LogP contribution in [0.2, 0.25) is 0 Å². The van der Waals surface area contributed by atoms with Crippen molar-refractivity contribution >= 4 is 11.9 Å². The molecule has 4 fully saturated rings. The van der Waals surface area contributed by atoms with Crippen LogP contribution < -0.4 is 0 Å². The molecule has 1 amide bonds. The summed E-state index contributed by atoms with van der Waals surface area (Å²) in [5.41, 5.74) is -1.96. The van der Waals surface area contributed by atoms with Crippen molar-refractivity contribution in [2.24, 2.45) is 5.41 Å². The van der Waals surface area contributed by atoms with Gasteiger partial charge >= 0.3 is 5.97 Å². The van der Waals surface area contributed by atoms with Crippen molar-refractivity contribution in [2.75, 3.05) is 13.7 Å². The number of halogens is 2. The van der Waals surface area contributed by atoms with Gasteiger partial charge in [0.2, 0.25) is 5.92 Å². The van der Waals surface area contributed by atoms with E-state index in [-0.39, 0.29) is 57.1 Å². The SMILES string of the molecule is CN(C(=O)C12CC(C(=O)O)(CO1)C2)C1CCC(F)(F)CC1. The quantitative estimate of drug-likeness (QED) is 0.861. The minimum atomic E-state index is -2.63. The number of carboxylic acids is 1. The Labute approximate surface area is 121 Å². The first kappa shape index (κ1) is 14.7. The van der Waals surface area contributed by atoms with Gasteiger partial charge in [-0.15, -0.1) is 0 Å². The second-order valence-electron chi connectivity index (χ2n) is 6.73. The van der Waals surface area contributed by atoms with Crippen LogP contribution in [0.15, 0.2) is 0 Å². The number of carbonyl (C=O) groups is 2. The molecular weight excluding hydrogens is 284 g/mol. The molecule has 0 unspecified atom stereocenters. The zero-order valence-electron chi connectivity index (χ0n) is 11.9. The highest BCUT2D eigenvalue weighted by Crippen LogP contribution is 2.58. The second kappa shape index (κ2) is 4.38. The number of hydrogen-bond donors (Lipinski definition) is 1. The Balaban J connectivity index is 1.64. The van der Waals surface area contributed by atoms with Crippen molar-refractivity contribution in [3.05, 3.63) is 0 Å². The van der Waals surface area contributed by atoms with E-state index in [0.717, 1.165) is 0 Å². The second-order valence-corrected chi connectivity index (χ2v) is 6.73. The van der Waals surface area contributed by atoms with Crippen molar-refractivity contribution in [1.29, 1.82) is 0 Å². The average Bonchev–Trinajstić information content (AvgIpc) is 2.94. The van der Waals surface area contributed by atoms with Crippen molar-refractivity contribution in [2.45, 2.75) is 56.1 Å². The summed E-state index contributed by atoms with van der Waals surface area (Å²) in [4.78, 5) is 25.2. The highest BCUT2D eigenvalue weighted by molar-refractivity contribution is 5.92. The van der Waals surface area contributed by atoms with Crippen LogP contribution in [0.4, 0.5) is 8.78 Å². The number of alkyl halides is 2. The van der Waals surface area contributed by atoms with E-state index in [0.29, 0.717) is 0 Å². The lowest BCUT2D eigenvalue weighted by molar-refractivity contribution is -0.166. The molecule has 2 aliphatic carbocycles. The number of likely N-dealkylation sites (N-methyl/N-ethyl adjacent to an activating group) is 1. The van der Waals surface area contributed by atoms with Gasteiger partial charge in [0.05, 0.1) is 12.0 Å². The summed E-state index contributed by atoms with van der Waals surface area (Å²) in [6.45, 7) is 0.0602. The molecule has 0 spiro atoms. The number of nitrogens with zero attached hydrogens (tertiary/aromatic N) is 1. The molecule has 2 aliphatic heterocycles. The Bertz CT molecular complexity index is 477. The molecule has 0 aromatic carbocycles. The van der Waals surface area contributed by atoms with E-state index in [4.69, 9.17) is 9.84 Å². The first-order chi connectivity index (χ1) is 9.70. The lowest BCUT2D eigenvalue weighted by Crippen LogP contribution is -2.59. The molecule has 118 valence electrons. The molecule has 2 heterocycles. The first-order valence-corrected chi connectivity index (χ1v) is 7.22. The molecule has 2 bridgehead atoms. The maximum atomic E-state index is 13.2. The van der Waals surface area contributed by atoms with E-state index in [1.807, 2.05) is 0 Å². The Morgan fingerprint density at radius 3 is 2.29 bits per heavy atom. The minimum absolute atomic E-state index is 0.0602. The lowest BCUT2D eigenvalue weighted by atomic mass is 9.62. The van der Waals surface area contributed by atoms with Gasteiger partial charge in [0.15, 0.2) is 0 Å². The van der Waals surface area contributed by atoms with Gasteiger partial charge in [0.1, 0.15) is 5.60 Å². The molecule has 5 nitrogen and oxygen atoms in total. The van der Waals surface area contributed by atoms with Crippen LogP contribution in [0, 0.1) is 5.41 Å². The van der Waals surface area contributed by atoms with Crippen LogP contribution in [-0.2, 0) is 14.3 Å². The largest absolute Gasteiger partial charge is 0.481 e. The number of fused-ring (bicyclic) bond motifs is 1. The lowest BCUT2D eigenvalue weighted by Gasteiger charge is -2.44. The maximum Gasteiger partial charge on any atom is 0.312 e. The van der Waals surface area contributed by atoms with Crippen LogP contribution in [0.1, 0.15) is 38.5 Å². The smallest absolute Gasteiger partial charge is 0.312 e. The molecule has 0 atom stereocenters. The van der Waals surface area contributed by atoms with E-state index in [2.05, 4.69) is 0 Å². The van der Waals surface area contributed by atoms with Crippen LogP contribution >= 0.6 is 0 Å². The summed E-state index contributed by atoms with van der Waals surface area (Å²) < 4.78 is 31.8. The third kappa shape index (κ3) is 2.13. The normalized spacial score (nSPS) is 37.9. The molecule has 7 heteroatoms. The third-order valence-electron chi connectivity index (χ3n) is 5.27. The van der Waals surface area contributed by atoms with E-state index < -0.39 is 22.9 Å². The minimum Gasteiger partial charge on any atom is -0.481 e. The summed E-state index contributed by atoms with van der Waals surface area (Å²) in [5, 5.41) is 9.16. The Morgan fingerprint density at radius 2 is 1.81 bits per heavy atom. The van der Waals surface area contributed by atoms with Gasteiger partial charge in [-0.3, -0.25) is 9.59 Å². The van der Waals surface area contributed by atoms with Gasteiger partial charge in [-0.1, -0.05) is 0 Å². The van der Waals surface area contributed by atoms with Crippen molar-refractivity contribution in [3.63, 3.8) is 0 Å². The fraction of sp³-hybridized carbons (Fsp3) is 0.857. The highest BCUT2D eigenvalue weighted by Gasteiger charge is 2.70. The van der Waals surface area contributed by atoms with Crippen LogP contribution in [0.5, 0.6) is 0 Å². The Morgan fingerprint density at radius 1 is 1.24 bits per heavy atom. The Kier molecular flexibility index (Phi) is 3.06. The van der Waals surface area contributed by atoms with Crippen LogP contribution in [0.3, 0.4) is 0 Å². The summed E-state index contributed by atoms with van der Waals surface area (Å²) in [6, 6.07) is -0.212. The van der Waals surface area contributed by atoms with E-state index >= 15 is 0 Å². The van der Waals surface area contributed by atoms with E-state index in [1.54, 1.807) is 7.05 Å². The van der Waals surface area contributed by atoms with Gasteiger partial charge in [-0.2, -0.15) is 0 Å². The molecule has 0 radical (unpaired) electrons. The predicted molar refractivity (Wildman–Crippen MR) is 68.0 cm³/mol. The first-order valence-electron chi connectivity index (χ1n) is 7.22. The fourth-order valence-electron chi connectivity index (χ4n) is 3.85. The number of carboxylic acid groups (broad SMARTS) is 1. The van der Waals surface area contributed by atoms with Crippen LogP contribution in [0.25, 0.3) is 0 Å². The van der Waals surface area contributed by atoms with E-state index in [9.17, 15) is 18.4 Å². The molecule has 21 heavy (non-hydrogen) atoms. The molecular formula is C14H19F2NO4. The summed E-state index contributed by atoms with van der Waals surface area (Å²) in [5.74, 6) is -3.81. The monoisotopic (exact) mass is 303 g/mol. The summed E-state index contributed by atoms with van der Waals surface area (Å²) in [7, 11) is 1.60. The summed E-state index contributed by atoms with van der Waals surface area (Å²) >= 11 is 0. The number of hydrogen-bond acceptors (Lipinski definition) is 3. The third-order valence-corrected chi connectivity index (χ3v) is 5.27. The fourth-order valence-corrected chi connectivity index (χ4v) is 3.85. The van der Waals surface area contributed by atoms with Gasteiger partial charge < -0.3 is 14.7 Å². The Hall–Kier alpha value is -1.24. The molecule has 1 N–H and O–H groups in total. The summed E-state index contributed by atoms with van der Waals surface area (Å²) in [6.07, 6.45) is 0.526. The molecule has 0 aromatic heterocycles. The van der Waals surface area contributed by atoms with Crippen LogP contribution in [-0.4, -0.2) is 53.1 Å². The zero-order chi connectivity index (χ0) is 15.5. The predicted octanol–water partition coefficient (Wildman–Crippen LogP) is 1.66. The van der Waals surface area contributed by atoms with Crippen molar-refractivity contribution in [1.82, 2.24) is 4.90 Å². The van der Waals surface area contributed by atoms with E-state index in [1.165, 1.54) is 4.90 Å². The van der Waals surface area contributed by atoms with Crippen molar-refractivity contribution < 1.29 is 28.2 Å². The standard InChI is InChI=1S/C14H19F2NO4/c1-17(9-2-4-14(15,16)5-3-9)10(18)13-6-12(7-13,8-21-13)11(19)20/h9H,2-8H2,1H3,(H,19,20). The average molecular weight is 303 g/mol.